The minimum Gasteiger partial charge on any atom is -0.367 e. The minimum absolute atomic E-state index is 0.722. The van der Waals surface area contributed by atoms with Gasteiger partial charge in [0.1, 0.15) is 5.52 Å². The van der Waals surface area contributed by atoms with Crippen molar-refractivity contribution in [2.45, 2.75) is 24.5 Å². The van der Waals surface area contributed by atoms with Crippen molar-refractivity contribution in [3.8, 4) is 0 Å². The van der Waals surface area contributed by atoms with Gasteiger partial charge in [-0.25, -0.2) is 9.97 Å². The van der Waals surface area contributed by atoms with E-state index in [1.165, 1.54) is 25.0 Å². The Morgan fingerprint density at radius 1 is 1.44 bits per heavy atom. The molecule has 0 spiro atoms. The van der Waals surface area contributed by atoms with Crippen LogP contribution >= 0.6 is 11.8 Å². The summed E-state index contributed by atoms with van der Waals surface area (Å²) in [5.41, 5.74) is 2.10. The molecule has 1 N–H and O–H groups in total. The number of pyridine rings is 1. The van der Waals surface area contributed by atoms with Crippen molar-refractivity contribution in [2.75, 3.05) is 17.6 Å². The summed E-state index contributed by atoms with van der Waals surface area (Å²) in [6, 6.07) is 2.00. The van der Waals surface area contributed by atoms with Gasteiger partial charge in [0.15, 0.2) is 5.82 Å². The molecule has 1 atom stereocenters. The molecule has 1 unspecified atom stereocenters. The first-order chi connectivity index (χ1) is 8.84. The number of thioether (sulfide) groups is 1. The molecule has 4 nitrogen and oxygen atoms in total. The second-order valence-electron chi connectivity index (χ2n) is 4.75. The highest BCUT2D eigenvalue weighted by molar-refractivity contribution is 7.99. The molecule has 1 saturated heterocycles. The molecule has 1 aliphatic rings. The van der Waals surface area contributed by atoms with Crippen LogP contribution in [-0.2, 0) is 7.05 Å². The number of hydrogen-bond donors (Lipinski definition) is 1. The summed E-state index contributed by atoms with van der Waals surface area (Å²) >= 11 is 2.08. The smallest absolute Gasteiger partial charge is 0.154 e. The maximum absolute atomic E-state index is 4.41. The molecule has 18 heavy (non-hydrogen) atoms. The van der Waals surface area contributed by atoms with Crippen molar-refractivity contribution >= 4 is 28.6 Å². The molecule has 96 valence electrons. The number of aromatic nitrogens is 3. The van der Waals surface area contributed by atoms with Crippen LogP contribution < -0.4 is 5.32 Å². The SMILES string of the molecule is Cn1cnc2c(NCC3CCCCS3)nccc21. The maximum Gasteiger partial charge on any atom is 0.154 e. The van der Waals surface area contributed by atoms with E-state index in [2.05, 4.69) is 27.0 Å². The Morgan fingerprint density at radius 2 is 2.39 bits per heavy atom. The fourth-order valence-corrected chi connectivity index (χ4v) is 3.61. The lowest BCUT2D eigenvalue weighted by atomic mass is 10.2. The second-order valence-corrected chi connectivity index (χ2v) is 6.16. The fourth-order valence-electron chi connectivity index (χ4n) is 2.37. The molecule has 3 heterocycles. The third kappa shape index (κ3) is 2.32. The average molecular weight is 262 g/mol. The Labute approximate surface area is 111 Å². The highest BCUT2D eigenvalue weighted by atomic mass is 32.2. The van der Waals surface area contributed by atoms with Gasteiger partial charge < -0.3 is 9.88 Å². The van der Waals surface area contributed by atoms with E-state index in [9.17, 15) is 0 Å². The van der Waals surface area contributed by atoms with Gasteiger partial charge >= 0.3 is 0 Å². The number of nitrogens with zero attached hydrogens (tertiary/aromatic N) is 3. The van der Waals surface area contributed by atoms with Crippen LogP contribution in [0.25, 0.3) is 11.0 Å². The number of fused-ring (bicyclic) bond motifs is 1. The Hall–Kier alpha value is -1.23. The Kier molecular flexibility index (Phi) is 3.41. The van der Waals surface area contributed by atoms with Gasteiger partial charge in [0.25, 0.3) is 0 Å². The Balaban J connectivity index is 1.74. The van der Waals surface area contributed by atoms with Crippen LogP contribution in [0, 0.1) is 0 Å². The number of rotatable bonds is 3. The van der Waals surface area contributed by atoms with E-state index in [1.807, 2.05) is 30.2 Å². The van der Waals surface area contributed by atoms with Gasteiger partial charge in [-0.3, -0.25) is 0 Å². The molecule has 3 rings (SSSR count). The topological polar surface area (TPSA) is 42.7 Å². The van der Waals surface area contributed by atoms with Gasteiger partial charge in [-0.2, -0.15) is 11.8 Å². The van der Waals surface area contributed by atoms with Crippen molar-refractivity contribution in [3.63, 3.8) is 0 Å². The first-order valence-electron chi connectivity index (χ1n) is 6.46. The number of nitrogens with one attached hydrogen (secondary N) is 1. The molecular weight excluding hydrogens is 244 g/mol. The molecule has 1 fully saturated rings. The van der Waals surface area contributed by atoms with Crippen LogP contribution in [0.3, 0.4) is 0 Å². The fraction of sp³-hybridized carbons (Fsp3) is 0.538. The Bertz CT molecular complexity index is 531. The molecule has 0 amide bonds. The summed E-state index contributed by atoms with van der Waals surface area (Å²) in [6.07, 6.45) is 7.74. The normalized spacial score (nSPS) is 20.2. The van der Waals surface area contributed by atoms with E-state index in [0.29, 0.717) is 0 Å². The van der Waals surface area contributed by atoms with Crippen LogP contribution in [0.15, 0.2) is 18.6 Å². The zero-order chi connectivity index (χ0) is 12.4. The molecule has 0 radical (unpaired) electrons. The number of hydrogen-bond acceptors (Lipinski definition) is 4. The lowest BCUT2D eigenvalue weighted by Crippen LogP contribution is -2.20. The highest BCUT2D eigenvalue weighted by Gasteiger charge is 2.14. The summed E-state index contributed by atoms with van der Waals surface area (Å²) in [5, 5.41) is 4.18. The van der Waals surface area contributed by atoms with Gasteiger partial charge in [0.05, 0.1) is 11.8 Å². The van der Waals surface area contributed by atoms with Crippen LogP contribution in [0.5, 0.6) is 0 Å². The van der Waals surface area contributed by atoms with Crippen molar-refractivity contribution in [3.05, 3.63) is 18.6 Å². The molecule has 0 aromatic carbocycles. The third-order valence-corrected chi connectivity index (χ3v) is 4.81. The van der Waals surface area contributed by atoms with E-state index >= 15 is 0 Å². The summed E-state index contributed by atoms with van der Waals surface area (Å²) in [7, 11) is 2.01. The molecule has 0 bridgehead atoms. The van der Waals surface area contributed by atoms with Crippen LogP contribution in [-0.4, -0.2) is 32.1 Å². The molecule has 5 heteroatoms. The largest absolute Gasteiger partial charge is 0.367 e. The third-order valence-electron chi connectivity index (χ3n) is 3.41. The number of aryl methyl sites for hydroxylation is 1. The van der Waals surface area contributed by atoms with Crippen molar-refractivity contribution in [1.29, 1.82) is 0 Å². The van der Waals surface area contributed by atoms with Crippen LogP contribution in [0.4, 0.5) is 5.82 Å². The van der Waals surface area contributed by atoms with E-state index in [1.54, 1.807) is 0 Å². The first-order valence-corrected chi connectivity index (χ1v) is 7.51. The van der Waals surface area contributed by atoms with Crippen molar-refractivity contribution in [2.24, 2.45) is 7.05 Å². The van der Waals surface area contributed by atoms with E-state index in [0.717, 1.165) is 28.6 Å². The quantitative estimate of drug-likeness (QED) is 0.923. The van der Waals surface area contributed by atoms with Crippen molar-refractivity contribution < 1.29 is 0 Å². The lowest BCUT2D eigenvalue weighted by molar-refractivity contribution is 0.677. The van der Waals surface area contributed by atoms with E-state index in [4.69, 9.17) is 0 Å². The van der Waals surface area contributed by atoms with Gasteiger partial charge in [-0.15, -0.1) is 0 Å². The number of imidazole rings is 1. The molecule has 0 aliphatic carbocycles. The predicted molar refractivity (Wildman–Crippen MR) is 77.1 cm³/mol. The monoisotopic (exact) mass is 262 g/mol. The van der Waals surface area contributed by atoms with Gasteiger partial charge in [0.2, 0.25) is 0 Å². The second kappa shape index (κ2) is 5.18. The highest BCUT2D eigenvalue weighted by Crippen LogP contribution is 2.26. The zero-order valence-corrected chi connectivity index (χ0v) is 11.4. The zero-order valence-electron chi connectivity index (χ0n) is 10.6. The first kappa shape index (κ1) is 11.8. The van der Waals surface area contributed by atoms with Crippen LogP contribution in [0.1, 0.15) is 19.3 Å². The molecule has 0 saturated carbocycles. The Morgan fingerprint density at radius 3 is 3.22 bits per heavy atom. The average Bonchev–Trinajstić information content (AvgIpc) is 2.80. The standard InChI is InChI=1S/C13H18N4S/c1-17-9-16-12-11(17)5-6-14-13(12)15-8-10-4-2-3-7-18-10/h5-6,9-10H,2-4,7-8H2,1H3,(H,14,15). The number of anilines is 1. The summed E-state index contributed by atoms with van der Waals surface area (Å²) in [6.45, 7) is 0.993. The van der Waals surface area contributed by atoms with Gasteiger partial charge in [0, 0.05) is 25.0 Å². The van der Waals surface area contributed by atoms with Gasteiger partial charge in [-0.1, -0.05) is 6.42 Å². The summed E-state index contributed by atoms with van der Waals surface area (Å²) < 4.78 is 2.03. The van der Waals surface area contributed by atoms with E-state index in [-0.39, 0.29) is 0 Å². The summed E-state index contributed by atoms with van der Waals surface area (Å²) in [5.74, 6) is 2.22. The summed E-state index contributed by atoms with van der Waals surface area (Å²) in [4.78, 5) is 8.82. The van der Waals surface area contributed by atoms with E-state index < -0.39 is 0 Å². The molecular formula is C13H18N4S. The lowest BCUT2D eigenvalue weighted by Gasteiger charge is -2.21. The molecule has 2 aromatic heterocycles. The molecule has 2 aromatic rings. The van der Waals surface area contributed by atoms with Crippen LogP contribution in [0.2, 0.25) is 0 Å². The van der Waals surface area contributed by atoms with Crippen molar-refractivity contribution in [1.82, 2.24) is 14.5 Å². The van der Waals surface area contributed by atoms with Gasteiger partial charge in [-0.05, 0) is 24.7 Å². The maximum atomic E-state index is 4.41. The minimum atomic E-state index is 0.722. The molecule has 1 aliphatic heterocycles. The predicted octanol–water partition coefficient (Wildman–Crippen LogP) is 2.67.